The van der Waals surface area contributed by atoms with Gasteiger partial charge in [0.15, 0.2) is 0 Å². The predicted octanol–water partition coefficient (Wildman–Crippen LogP) is 2.34. The van der Waals surface area contributed by atoms with Gasteiger partial charge in [-0.25, -0.2) is 4.79 Å². The number of nitrogens with zero attached hydrogens (tertiary/aromatic N) is 1. The molecule has 1 saturated heterocycles. The summed E-state index contributed by atoms with van der Waals surface area (Å²) >= 11 is 7.33. The first-order valence-electron chi connectivity index (χ1n) is 7.09. The molecule has 1 fully saturated rings. The molecule has 1 aliphatic heterocycles. The molecule has 5 nitrogen and oxygen atoms in total. The van der Waals surface area contributed by atoms with Crippen LogP contribution < -0.4 is 10.6 Å². The predicted molar refractivity (Wildman–Crippen MR) is 84.7 cm³/mol. The standard InChI is InChI=1S/C14H20ClN3O2S/c1-10(15)13(19)16-6-7-17-14(20)18-8-2-4-11(18)12-5-3-9-21-12/h3,5,9-11H,2,4,6-8H2,1H3,(H,16,19)(H,17,20)/t10-,11+/m0/s1. The maximum Gasteiger partial charge on any atom is 0.318 e. The van der Waals surface area contributed by atoms with Crippen molar-refractivity contribution >= 4 is 34.9 Å². The number of alkyl halides is 1. The number of rotatable bonds is 5. The molecule has 0 radical (unpaired) electrons. The molecule has 21 heavy (non-hydrogen) atoms. The van der Waals surface area contributed by atoms with Crippen molar-refractivity contribution in [1.82, 2.24) is 15.5 Å². The molecule has 2 atom stereocenters. The summed E-state index contributed by atoms with van der Waals surface area (Å²) in [5, 5.41) is 6.99. The Morgan fingerprint density at radius 3 is 2.90 bits per heavy atom. The summed E-state index contributed by atoms with van der Waals surface area (Å²) in [7, 11) is 0. The Morgan fingerprint density at radius 2 is 2.24 bits per heavy atom. The molecule has 1 aliphatic rings. The summed E-state index contributed by atoms with van der Waals surface area (Å²) in [6.45, 7) is 3.19. The van der Waals surface area contributed by atoms with Gasteiger partial charge in [0.1, 0.15) is 5.38 Å². The lowest BCUT2D eigenvalue weighted by molar-refractivity contribution is -0.120. The van der Waals surface area contributed by atoms with E-state index in [9.17, 15) is 9.59 Å². The summed E-state index contributed by atoms with van der Waals surface area (Å²) in [6.07, 6.45) is 2.03. The molecule has 116 valence electrons. The third-order valence-corrected chi connectivity index (χ3v) is 4.62. The highest BCUT2D eigenvalue weighted by molar-refractivity contribution is 7.10. The van der Waals surface area contributed by atoms with Crippen LogP contribution in [0.3, 0.4) is 0 Å². The molecule has 0 bridgehead atoms. The molecule has 0 aliphatic carbocycles. The van der Waals surface area contributed by atoms with Crippen LogP contribution in [-0.2, 0) is 4.79 Å². The van der Waals surface area contributed by atoms with Crippen molar-refractivity contribution in [3.63, 3.8) is 0 Å². The maximum absolute atomic E-state index is 12.2. The van der Waals surface area contributed by atoms with Gasteiger partial charge in [-0.15, -0.1) is 22.9 Å². The molecule has 2 N–H and O–H groups in total. The van der Waals surface area contributed by atoms with E-state index in [0.29, 0.717) is 13.1 Å². The van der Waals surface area contributed by atoms with Crippen LogP contribution in [0.5, 0.6) is 0 Å². The minimum Gasteiger partial charge on any atom is -0.353 e. The normalized spacial score (nSPS) is 19.3. The Labute approximate surface area is 133 Å². The quantitative estimate of drug-likeness (QED) is 0.643. The highest BCUT2D eigenvalue weighted by Gasteiger charge is 2.30. The number of hydrogen-bond donors (Lipinski definition) is 2. The number of urea groups is 1. The molecule has 0 saturated carbocycles. The third kappa shape index (κ3) is 4.35. The molecule has 1 aromatic rings. The second kappa shape index (κ2) is 7.66. The Balaban J connectivity index is 1.76. The summed E-state index contributed by atoms with van der Waals surface area (Å²) in [6, 6.07) is 4.20. The fourth-order valence-electron chi connectivity index (χ4n) is 2.38. The van der Waals surface area contributed by atoms with Gasteiger partial charge in [-0.2, -0.15) is 0 Å². The average molecular weight is 330 g/mol. The van der Waals surface area contributed by atoms with E-state index in [4.69, 9.17) is 11.6 Å². The van der Waals surface area contributed by atoms with Crippen LogP contribution in [0.15, 0.2) is 17.5 Å². The van der Waals surface area contributed by atoms with E-state index in [2.05, 4.69) is 16.7 Å². The lowest BCUT2D eigenvalue weighted by Crippen LogP contribution is -2.43. The first-order chi connectivity index (χ1) is 10.1. The average Bonchev–Trinajstić information content (AvgIpc) is 3.11. The number of hydrogen-bond acceptors (Lipinski definition) is 3. The van der Waals surface area contributed by atoms with Crippen molar-refractivity contribution in [3.05, 3.63) is 22.4 Å². The van der Waals surface area contributed by atoms with Gasteiger partial charge in [0.25, 0.3) is 0 Å². The largest absolute Gasteiger partial charge is 0.353 e. The zero-order chi connectivity index (χ0) is 15.2. The Bertz CT molecular complexity index is 479. The number of halogens is 1. The third-order valence-electron chi connectivity index (χ3n) is 3.45. The van der Waals surface area contributed by atoms with Crippen molar-refractivity contribution in [2.24, 2.45) is 0 Å². The first-order valence-corrected chi connectivity index (χ1v) is 8.41. The summed E-state index contributed by atoms with van der Waals surface area (Å²) in [5.41, 5.74) is 0. The van der Waals surface area contributed by atoms with Gasteiger partial charge in [0.05, 0.1) is 6.04 Å². The Morgan fingerprint density at radius 1 is 1.48 bits per heavy atom. The molecule has 3 amide bonds. The lowest BCUT2D eigenvalue weighted by Gasteiger charge is -2.24. The summed E-state index contributed by atoms with van der Waals surface area (Å²) in [4.78, 5) is 26.6. The molecule has 2 heterocycles. The lowest BCUT2D eigenvalue weighted by atomic mass is 10.2. The Kier molecular flexibility index (Phi) is 5.87. The number of likely N-dealkylation sites (tertiary alicyclic amines) is 1. The van der Waals surface area contributed by atoms with Gasteiger partial charge in [-0.1, -0.05) is 6.07 Å². The second-order valence-corrected chi connectivity index (χ2v) is 6.64. The van der Waals surface area contributed by atoms with E-state index in [0.717, 1.165) is 19.4 Å². The van der Waals surface area contributed by atoms with Crippen LogP contribution in [0.2, 0.25) is 0 Å². The van der Waals surface area contributed by atoms with Crippen molar-refractivity contribution in [1.29, 1.82) is 0 Å². The van der Waals surface area contributed by atoms with Gasteiger partial charge in [0.2, 0.25) is 5.91 Å². The number of carbonyl (C=O) groups excluding carboxylic acids is 2. The Hall–Kier alpha value is -1.27. The fourth-order valence-corrected chi connectivity index (χ4v) is 3.33. The van der Waals surface area contributed by atoms with Crippen LogP contribution in [0.25, 0.3) is 0 Å². The summed E-state index contributed by atoms with van der Waals surface area (Å²) < 4.78 is 0. The van der Waals surface area contributed by atoms with Gasteiger partial charge in [-0.05, 0) is 31.2 Å². The van der Waals surface area contributed by atoms with Gasteiger partial charge < -0.3 is 15.5 Å². The fraction of sp³-hybridized carbons (Fsp3) is 0.571. The van der Waals surface area contributed by atoms with E-state index < -0.39 is 5.38 Å². The monoisotopic (exact) mass is 329 g/mol. The second-order valence-electron chi connectivity index (χ2n) is 5.01. The van der Waals surface area contributed by atoms with Crippen LogP contribution in [0.1, 0.15) is 30.7 Å². The number of amides is 3. The van der Waals surface area contributed by atoms with Gasteiger partial charge in [-0.3, -0.25) is 4.79 Å². The molecular weight excluding hydrogens is 310 g/mol. The summed E-state index contributed by atoms with van der Waals surface area (Å²) in [5.74, 6) is -0.219. The molecule has 0 unspecified atom stereocenters. The topological polar surface area (TPSA) is 61.4 Å². The van der Waals surface area contributed by atoms with Crippen molar-refractivity contribution in [3.8, 4) is 0 Å². The zero-order valence-corrected chi connectivity index (χ0v) is 13.5. The van der Waals surface area contributed by atoms with E-state index in [1.807, 2.05) is 16.3 Å². The minimum absolute atomic E-state index is 0.0703. The number of nitrogens with one attached hydrogen (secondary N) is 2. The smallest absolute Gasteiger partial charge is 0.318 e. The molecule has 1 aromatic heterocycles. The van der Waals surface area contributed by atoms with Gasteiger partial charge >= 0.3 is 6.03 Å². The van der Waals surface area contributed by atoms with Crippen LogP contribution in [-0.4, -0.2) is 41.8 Å². The molecule has 0 aromatic carbocycles. The highest BCUT2D eigenvalue weighted by Crippen LogP contribution is 2.34. The van der Waals surface area contributed by atoms with Crippen molar-refractivity contribution < 1.29 is 9.59 Å². The van der Waals surface area contributed by atoms with E-state index in [-0.39, 0.29) is 18.0 Å². The van der Waals surface area contributed by atoms with Gasteiger partial charge in [0, 0.05) is 24.5 Å². The molecular formula is C14H20ClN3O2S. The van der Waals surface area contributed by atoms with E-state index in [1.165, 1.54) is 4.88 Å². The van der Waals surface area contributed by atoms with Crippen molar-refractivity contribution in [2.45, 2.75) is 31.2 Å². The highest BCUT2D eigenvalue weighted by atomic mass is 35.5. The van der Waals surface area contributed by atoms with E-state index in [1.54, 1.807) is 18.3 Å². The number of thiophene rings is 1. The zero-order valence-electron chi connectivity index (χ0n) is 12.0. The SMILES string of the molecule is C[C@H](Cl)C(=O)NCCNC(=O)N1CCC[C@@H]1c1cccs1. The van der Waals surface area contributed by atoms with Crippen LogP contribution in [0.4, 0.5) is 4.79 Å². The maximum atomic E-state index is 12.2. The molecule has 0 spiro atoms. The molecule has 7 heteroatoms. The number of carbonyl (C=O) groups is 2. The molecule has 2 rings (SSSR count). The van der Waals surface area contributed by atoms with Crippen LogP contribution >= 0.6 is 22.9 Å². The minimum atomic E-state index is -0.553. The van der Waals surface area contributed by atoms with Crippen LogP contribution in [0, 0.1) is 0 Å². The van der Waals surface area contributed by atoms with E-state index >= 15 is 0 Å². The first kappa shape index (κ1) is 16.1. The van der Waals surface area contributed by atoms with Crippen molar-refractivity contribution in [2.75, 3.05) is 19.6 Å².